The molecule has 1 heterocycles. The maximum Gasteiger partial charge on any atom is 0.416 e. The molecule has 1 aliphatic rings. The molecule has 154 valence electrons. The van der Waals surface area contributed by atoms with Crippen LogP contribution < -0.4 is 5.32 Å². The van der Waals surface area contributed by atoms with E-state index in [2.05, 4.69) is 5.32 Å². The second-order valence-electron chi connectivity index (χ2n) is 6.72. The Morgan fingerprint density at radius 3 is 2.55 bits per heavy atom. The number of halogens is 5. The van der Waals surface area contributed by atoms with Gasteiger partial charge in [0, 0.05) is 19.5 Å². The van der Waals surface area contributed by atoms with Crippen molar-refractivity contribution in [1.82, 2.24) is 10.2 Å². The van der Waals surface area contributed by atoms with E-state index < -0.39 is 40.9 Å². The number of rotatable bonds is 5. The number of carbonyl (C=O) groups excluding carboxylic acids is 2. The minimum absolute atomic E-state index is 0.0805. The third kappa shape index (κ3) is 4.90. The number of hydrogen-bond acceptors (Lipinski definition) is 2. The fourth-order valence-corrected chi connectivity index (χ4v) is 3.19. The fourth-order valence-electron chi connectivity index (χ4n) is 3.19. The van der Waals surface area contributed by atoms with Crippen LogP contribution in [-0.4, -0.2) is 29.8 Å². The van der Waals surface area contributed by atoms with Crippen molar-refractivity contribution in [2.45, 2.75) is 25.1 Å². The van der Waals surface area contributed by atoms with E-state index in [4.69, 9.17) is 0 Å². The van der Waals surface area contributed by atoms with Crippen LogP contribution in [-0.2, 0) is 11.0 Å². The monoisotopic (exact) mass is 412 g/mol. The molecule has 2 aromatic rings. The fraction of sp³-hybridized carbons (Fsp3) is 0.300. The molecule has 3 rings (SSSR count). The number of alkyl halides is 3. The number of likely N-dealkylation sites (tertiary alicyclic amines) is 1. The van der Waals surface area contributed by atoms with Gasteiger partial charge < -0.3 is 10.2 Å². The Bertz CT molecular complexity index is 929. The molecule has 0 spiro atoms. The van der Waals surface area contributed by atoms with Gasteiger partial charge in [0.15, 0.2) is 0 Å². The van der Waals surface area contributed by atoms with Crippen molar-refractivity contribution >= 4 is 11.8 Å². The smallest absolute Gasteiger partial charge is 0.343 e. The molecule has 9 heteroatoms. The molecule has 1 N–H and O–H groups in total. The molecular weight excluding hydrogens is 395 g/mol. The van der Waals surface area contributed by atoms with Gasteiger partial charge in [0.2, 0.25) is 5.91 Å². The summed E-state index contributed by atoms with van der Waals surface area (Å²) in [6.45, 7) is 0.321. The van der Waals surface area contributed by atoms with Gasteiger partial charge in [-0.15, -0.1) is 0 Å². The van der Waals surface area contributed by atoms with Crippen molar-refractivity contribution < 1.29 is 31.5 Å². The minimum atomic E-state index is -4.59. The number of hydrogen-bond donors (Lipinski definition) is 1. The second-order valence-corrected chi connectivity index (χ2v) is 6.72. The summed E-state index contributed by atoms with van der Waals surface area (Å²) in [5, 5.41) is 2.44. The first-order chi connectivity index (χ1) is 13.6. The molecule has 1 saturated heterocycles. The summed E-state index contributed by atoms with van der Waals surface area (Å²) < 4.78 is 66.6. The number of nitrogens with zero attached hydrogens (tertiary/aromatic N) is 1. The van der Waals surface area contributed by atoms with Crippen LogP contribution in [0.4, 0.5) is 22.0 Å². The van der Waals surface area contributed by atoms with Crippen molar-refractivity contribution in [2.75, 3.05) is 13.1 Å². The first-order valence-corrected chi connectivity index (χ1v) is 8.86. The number of benzene rings is 2. The van der Waals surface area contributed by atoms with Gasteiger partial charge in [-0.05, 0) is 42.3 Å². The van der Waals surface area contributed by atoms with Gasteiger partial charge in [-0.1, -0.05) is 12.1 Å². The molecule has 1 aliphatic heterocycles. The highest BCUT2D eigenvalue weighted by Gasteiger charge is 2.32. The van der Waals surface area contributed by atoms with Gasteiger partial charge in [0.1, 0.15) is 11.6 Å². The Balaban J connectivity index is 1.92. The largest absolute Gasteiger partial charge is 0.416 e. The average Bonchev–Trinajstić information content (AvgIpc) is 3.07. The van der Waals surface area contributed by atoms with Gasteiger partial charge in [-0.2, -0.15) is 13.2 Å². The van der Waals surface area contributed by atoms with Crippen LogP contribution in [0.2, 0.25) is 0 Å². The number of nitrogens with one attached hydrogen (secondary N) is 1. The minimum Gasteiger partial charge on any atom is -0.343 e. The summed E-state index contributed by atoms with van der Waals surface area (Å²) in [4.78, 5) is 25.9. The molecule has 0 bridgehead atoms. The van der Waals surface area contributed by atoms with Crippen LogP contribution >= 0.6 is 0 Å². The van der Waals surface area contributed by atoms with Crippen LogP contribution in [0.1, 0.15) is 40.4 Å². The SMILES string of the molecule is O=C(N[C@H](CN1CCCC1=O)c1cccc(C(F)(F)F)c1)c1cc(F)ccc1F. The van der Waals surface area contributed by atoms with Crippen LogP contribution in [0.5, 0.6) is 0 Å². The van der Waals surface area contributed by atoms with Crippen molar-refractivity contribution in [3.05, 3.63) is 70.8 Å². The van der Waals surface area contributed by atoms with E-state index >= 15 is 0 Å². The van der Waals surface area contributed by atoms with E-state index in [1.54, 1.807) is 0 Å². The van der Waals surface area contributed by atoms with Gasteiger partial charge in [-0.3, -0.25) is 9.59 Å². The van der Waals surface area contributed by atoms with Gasteiger partial charge in [0.25, 0.3) is 5.91 Å². The van der Waals surface area contributed by atoms with Crippen molar-refractivity contribution in [3.8, 4) is 0 Å². The zero-order chi connectivity index (χ0) is 21.2. The zero-order valence-corrected chi connectivity index (χ0v) is 15.1. The summed E-state index contributed by atoms with van der Waals surface area (Å²) in [5.74, 6) is -2.98. The molecule has 4 nitrogen and oxygen atoms in total. The van der Waals surface area contributed by atoms with E-state index in [1.165, 1.54) is 17.0 Å². The highest BCUT2D eigenvalue weighted by atomic mass is 19.4. The molecule has 0 unspecified atom stereocenters. The number of carbonyl (C=O) groups is 2. The Morgan fingerprint density at radius 1 is 1.14 bits per heavy atom. The zero-order valence-electron chi connectivity index (χ0n) is 15.1. The first kappa shape index (κ1) is 20.8. The summed E-state index contributed by atoms with van der Waals surface area (Å²) in [7, 11) is 0. The summed E-state index contributed by atoms with van der Waals surface area (Å²) >= 11 is 0. The van der Waals surface area contributed by atoms with Crippen LogP contribution in [0, 0.1) is 11.6 Å². The molecular formula is C20H17F5N2O2. The third-order valence-electron chi connectivity index (χ3n) is 4.67. The Hall–Kier alpha value is -2.97. The lowest BCUT2D eigenvalue weighted by molar-refractivity contribution is -0.137. The highest BCUT2D eigenvalue weighted by molar-refractivity contribution is 5.94. The van der Waals surface area contributed by atoms with E-state index in [9.17, 15) is 31.5 Å². The molecule has 0 aliphatic carbocycles. The van der Waals surface area contributed by atoms with Crippen LogP contribution in [0.15, 0.2) is 42.5 Å². The molecule has 1 fully saturated rings. The van der Waals surface area contributed by atoms with Crippen LogP contribution in [0.25, 0.3) is 0 Å². The van der Waals surface area contributed by atoms with Gasteiger partial charge >= 0.3 is 6.18 Å². The predicted molar refractivity (Wildman–Crippen MR) is 93.8 cm³/mol. The summed E-state index contributed by atoms with van der Waals surface area (Å²) in [5.41, 5.74) is -1.39. The van der Waals surface area contributed by atoms with E-state index in [0.29, 0.717) is 25.5 Å². The van der Waals surface area contributed by atoms with E-state index in [1.807, 2.05) is 0 Å². The van der Waals surface area contributed by atoms with E-state index in [0.717, 1.165) is 24.3 Å². The quantitative estimate of drug-likeness (QED) is 0.753. The maximum atomic E-state index is 13.9. The molecule has 2 aromatic carbocycles. The van der Waals surface area contributed by atoms with Gasteiger partial charge in [0.05, 0.1) is 17.2 Å². The normalized spacial score (nSPS) is 15.5. The highest BCUT2D eigenvalue weighted by Crippen LogP contribution is 2.31. The lowest BCUT2D eigenvalue weighted by Gasteiger charge is -2.26. The number of amides is 2. The van der Waals surface area contributed by atoms with E-state index in [-0.39, 0.29) is 18.0 Å². The summed E-state index contributed by atoms with van der Waals surface area (Å²) in [6, 6.07) is 5.62. The van der Waals surface area contributed by atoms with Crippen LogP contribution in [0.3, 0.4) is 0 Å². The second kappa shape index (κ2) is 8.18. The van der Waals surface area contributed by atoms with Crippen molar-refractivity contribution in [2.24, 2.45) is 0 Å². The van der Waals surface area contributed by atoms with Crippen molar-refractivity contribution in [3.63, 3.8) is 0 Å². The molecule has 2 amide bonds. The average molecular weight is 412 g/mol. The molecule has 0 saturated carbocycles. The molecule has 29 heavy (non-hydrogen) atoms. The Kier molecular flexibility index (Phi) is 5.86. The maximum absolute atomic E-state index is 13.9. The molecule has 0 radical (unpaired) electrons. The Labute approximate surface area is 163 Å². The summed E-state index contributed by atoms with van der Waals surface area (Å²) in [6.07, 6.45) is -3.69. The first-order valence-electron chi connectivity index (χ1n) is 8.86. The lowest BCUT2D eigenvalue weighted by Crippen LogP contribution is -2.39. The molecule has 0 aromatic heterocycles. The topological polar surface area (TPSA) is 49.4 Å². The van der Waals surface area contributed by atoms with Crippen molar-refractivity contribution in [1.29, 1.82) is 0 Å². The van der Waals surface area contributed by atoms with Gasteiger partial charge in [-0.25, -0.2) is 8.78 Å². The third-order valence-corrected chi connectivity index (χ3v) is 4.67. The lowest BCUT2D eigenvalue weighted by atomic mass is 10.0. The predicted octanol–water partition coefficient (Wildman–Crippen LogP) is 4.08. The Morgan fingerprint density at radius 2 is 1.90 bits per heavy atom. The standard InChI is InChI=1S/C20H17F5N2O2/c21-14-6-7-16(22)15(10-14)19(29)26-17(11-27-8-2-5-18(27)28)12-3-1-4-13(9-12)20(23,24)25/h1,3-4,6-7,9-10,17H,2,5,8,11H2,(H,26,29)/t17-/m1/s1. The molecule has 1 atom stereocenters.